The summed E-state index contributed by atoms with van der Waals surface area (Å²) in [5.74, 6) is -1.83. The third-order valence-corrected chi connectivity index (χ3v) is 3.54. The number of rotatable bonds is 8. The smallest absolute Gasteiger partial charge is 0.313 e. The average Bonchev–Trinajstić information content (AvgIpc) is 2.35. The molecule has 0 heterocycles. The predicted molar refractivity (Wildman–Crippen MR) is 76.2 cm³/mol. The van der Waals surface area contributed by atoms with Gasteiger partial charge in [0, 0.05) is 0 Å². The first-order chi connectivity index (χ1) is 8.99. The highest BCUT2D eigenvalue weighted by atomic mass is 16.4. The first-order valence-electron chi connectivity index (χ1n) is 6.99. The maximum Gasteiger partial charge on any atom is 0.313 e. The fourth-order valence-electron chi connectivity index (χ4n) is 2.47. The standard InChI is InChI=1S/C16H24O3/c1-3-4-5-9-12-16(2,19)14(15(17)18)13-10-7-6-8-11-13/h6-8,10-11,14,19H,3-5,9,12H2,1-2H3,(H,17,18)/t14-,16+/m0/s1. The number of aliphatic hydroxyl groups is 1. The van der Waals surface area contributed by atoms with E-state index in [1.807, 2.05) is 6.07 Å². The molecule has 0 spiro atoms. The molecule has 0 aliphatic heterocycles. The van der Waals surface area contributed by atoms with Crippen LogP contribution in [0.5, 0.6) is 0 Å². The van der Waals surface area contributed by atoms with E-state index in [-0.39, 0.29) is 0 Å². The van der Waals surface area contributed by atoms with Crippen molar-refractivity contribution in [1.82, 2.24) is 0 Å². The number of carboxylic acid groups (broad SMARTS) is 1. The van der Waals surface area contributed by atoms with Crippen LogP contribution in [0.15, 0.2) is 30.3 Å². The summed E-state index contributed by atoms with van der Waals surface area (Å²) in [5, 5.41) is 19.9. The van der Waals surface area contributed by atoms with Gasteiger partial charge in [-0.2, -0.15) is 0 Å². The highest BCUT2D eigenvalue weighted by Gasteiger charge is 2.38. The number of aliphatic carboxylic acids is 1. The number of hydrogen-bond donors (Lipinski definition) is 2. The minimum absolute atomic E-state index is 0.513. The lowest BCUT2D eigenvalue weighted by atomic mass is 9.80. The van der Waals surface area contributed by atoms with Crippen LogP contribution in [-0.2, 0) is 4.79 Å². The number of carbonyl (C=O) groups is 1. The predicted octanol–water partition coefficient (Wildman–Crippen LogP) is 3.58. The van der Waals surface area contributed by atoms with Gasteiger partial charge in [0.05, 0.1) is 5.60 Å². The summed E-state index contributed by atoms with van der Waals surface area (Å²) in [6, 6.07) is 8.98. The van der Waals surface area contributed by atoms with Gasteiger partial charge in [-0.15, -0.1) is 0 Å². The molecular formula is C16H24O3. The minimum Gasteiger partial charge on any atom is -0.481 e. The average molecular weight is 264 g/mol. The van der Waals surface area contributed by atoms with Gasteiger partial charge in [-0.25, -0.2) is 0 Å². The lowest BCUT2D eigenvalue weighted by molar-refractivity contribution is -0.145. The Kier molecular flexibility index (Phi) is 6.03. The van der Waals surface area contributed by atoms with E-state index in [1.165, 1.54) is 0 Å². The molecule has 0 unspecified atom stereocenters. The summed E-state index contributed by atoms with van der Waals surface area (Å²) >= 11 is 0. The Morgan fingerprint density at radius 3 is 2.37 bits per heavy atom. The third kappa shape index (κ3) is 4.67. The van der Waals surface area contributed by atoms with Gasteiger partial charge < -0.3 is 10.2 Å². The Morgan fingerprint density at radius 1 is 1.21 bits per heavy atom. The Balaban J connectivity index is 2.77. The number of benzene rings is 1. The van der Waals surface area contributed by atoms with Crippen molar-refractivity contribution in [2.45, 2.75) is 57.5 Å². The van der Waals surface area contributed by atoms with Gasteiger partial charge in [0.25, 0.3) is 0 Å². The Bertz CT molecular complexity index is 384. The van der Waals surface area contributed by atoms with Gasteiger partial charge in [0.1, 0.15) is 5.92 Å². The van der Waals surface area contributed by atoms with E-state index < -0.39 is 17.5 Å². The van der Waals surface area contributed by atoms with Gasteiger partial charge in [0.2, 0.25) is 0 Å². The van der Waals surface area contributed by atoms with Crippen LogP contribution in [-0.4, -0.2) is 21.8 Å². The molecule has 0 aliphatic rings. The van der Waals surface area contributed by atoms with Gasteiger partial charge in [0.15, 0.2) is 0 Å². The van der Waals surface area contributed by atoms with Crippen molar-refractivity contribution in [3.8, 4) is 0 Å². The molecule has 0 saturated carbocycles. The van der Waals surface area contributed by atoms with Crippen LogP contribution < -0.4 is 0 Å². The summed E-state index contributed by atoms with van der Waals surface area (Å²) in [4.78, 5) is 11.5. The second-order valence-corrected chi connectivity index (χ2v) is 5.35. The van der Waals surface area contributed by atoms with E-state index in [1.54, 1.807) is 31.2 Å². The maximum atomic E-state index is 11.5. The van der Waals surface area contributed by atoms with Crippen molar-refractivity contribution in [2.24, 2.45) is 0 Å². The van der Waals surface area contributed by atoms with E-state index in [2.05, 4.69) is 6.92 Å². The van der Waals surface area contributed by atoms with E-state index in [0.29, 0.717) is 12.0 Å². The van der Waals surface area contributed by atoms with Gasteiger partial charge in [-0.05, 0) is 18.9 Å². The van der Waals surface area contributed by atoms with Crippen molar-refractivity contribution in [3.05, 3.63) is 35.9 Å². The molecule has 1 aromatic carbocycles. The Labute approximate surface area is 115 Å². The van der Waals surface area contributed by atoms with Crippen molar-refractivity contribution in [3.63, 3.8) is 0 Å². The van der Waals surface area contributed by atoms with Gasteiger partial charge >= 0.3 is 5.97 Å². The van der Waals surface area contributed by atoms with Gasteiger partial charge in [-0.1, -0.05) is 62.9 Å². The number of unbranched alkanes of at least 4 members (excludes halogenated alkanes) is 3. The van der Waals surface area contributed by atoms with Crippen LogP contribution in [0.1, 0.15) is 57.4 Å². The van der Waals surface area contributed by atoms with E-state index in [0.717, 1.165) is 25.7 Å². The summed E-state index contributed by atoms with van der Waals surface area (Å²) < 4.78 is 0. The number of hydrogen-bond acceptors (Lipinski definition) is 2. The Morgan fingerprint density at radius 2 is 1.84 bits per heavy atom. The highest BCUT2D eigenvalue weighted by molar-refractivity contribution is 5.77. The fourth-order valence-corrected chi connectivity index (χ4v) is 2.47. The molecule has 0 aromatic heterocycles. The molecule has 3 nitrogen and oxygen atoms in total. The molecule has 19 heavy (non-hydrogen) atoms. The monoisotopic (exact) mass is 264 g/mol. The summed E-state index contributed by atoms with van der Waals surface area (Å²) in [7, 11) is 0. The SMILES string of the molecule is CCCCCC[C@@](C)(O)[C@H](C(=O)O)c1ccccc1. The van der Waals surface area contributed by atoms with Crippen LogP contribution in [0.2, 0.25) is 0 Å². The van der Waals surface area contributed by atoms with Crippen LogP contribution in [0, 0.1) is 0 Å². The zero-order chi connectivity index (χ0) is 14.3. The molecule has 0 aliphatic carbocycles. The minimum atomic E-state index is -1.21. The summed E-state index contributed by atoms with van der Waals surface area (Å²) in [5.41, 5.74) is -0.545. The topological polar surface area (TPSA) is 57.5 Å². The summed E-state index contributed by atoms with van der Waals surface area (Å²) in [6.45, 7) is 3.76. The zero-order valence-electron chi connectivity index (χ0n) is 11.8. The van der Waals surface area contributed by atoms with E-state index in [9.17, 15) is 15.0 Å². The van der Waals surface area contributed by atoms with E-state index in [4.69, 9.17) is 0 Å². The van der Waals surface area contributed by atoms with Crippen LogP contribution in [0.25, 0.3) is 0 Å². The van der Waals surface area contributed by atoms with E-state index >= 15 is 0 Å². The molecule has 106 valence electrons. The molecule has 1 aromatic rings. The zero-order valence-corrected chi connectivity index (χ0v) is 11.8. The molecule has 3 heteroatoms. The highest BCUT2D eigenvalue weighted by Crippen LogP contribution is 2.32. The largest absolute Gasteiger partial charge is 0.481 e. The van der Waals surface area contributed by atoms with Crippen LogP contribution in [0.4, 0.5) is 0 Å². The van der Waals surface area contributed by atoms with Gasteiger partial charge in [-0.3, -0.25) is 4.79 Å². The molecule has 0 fully saturated rings. The molecular weight excluding hydrogens is 240 g/mol. The molecule has 2 N–H and O–H groups in total. The van der Waals surface area contributed by atoms with Crippen molar-refractivity contribution in [2.75, 3.05) is 0 Å². The quantitative estimate of drug-likeness (QED) is 0.706. The molecule has 0 radical (unpaired) electrons. The molecule has 1 rings (SSSR count). The molecule has 0 saturated heterocycles. The second-order valence-electron chi connectivity index (χ2n) is 5.35. The fraction of sp³-hybridized carbons (Fsp3) is 0.562. The third-order valence-electron chi connectivity index (χ3n) is 3.54. The first kappa shape index (κ1) is 15.7. The van der Waals surface area contributed by atoms with Crippen LogP contribution >= 0.6 is 0 Å². The van der Waals surface area contributed by atoms with Crippen molar-refractivity contribution in [1.29, 1.82) is 0 Å². The first-order valence-corrected chi connectivity index (χ1v) is 6.99. The van der Waals surface area contributed by atoms with Crippen LogP contribution in [0.3, 0.4) is 0 Å². The lowest BCUT2D eigenvalue weighted by Crippen LogP contribution is -2.37. The molecule has 0 amide bonds. The van der Waals surface area contributed by atoms with Crippen molar-refractivity contribution >= 4 is 5.97 Å². The second kappa shape index (κ2) is 7.29. The normalized spacial score (nSPS) is 15.7. The molecule has 0 bridgehead atoms. The Hall–Kier alpha value is -1.35. The van der Waals surface area contributed by atoms with Crippen molar-refractivity contribution < 1.29 is 15.0 Å². The molecule has 2 atom stereocenters. The summed E-state index contributed by atoms with van der Waals surface area (Å²) in [6.07, 6.45) is 4.66. The number of carboxylic acids is 1. The lowest BCUT2D eigenvalue weighted by Gasteiger charge is -2.30. The maximum absolute atomic E-state index is 11.5.